The summed E-state index contributed by atoms with van der Waals surface area (Å²) in [7, 11) is 0. The van der Waals surface area contributed by atoms with Crippen molar-refractivity contribution < 1.29 is 1.43 Å². The van der Waals surface area contributed by atoms with Crippen LogP contribution in [0.5, 0.6) is 0 Å². The molecule has 0 bridgehead atoms. The van der Waals surface area contributed by atoms with E-state index in [0.717, 1.165) is 11.2 Å². The van der Waals surface area contributed by atoms with E-state index in [9.17, 15) is 0 Å². The van der Waals surface area contributed by atoms with Crippen LogP contribution in [0.3, 0.4) is 0 Å². The van der Waals surface area contributed by atoms with Crippen molar-refractivity contribution in [3.05, 3.63) is 29.5 Å². The highest BCUT2D eigenvalue weighted by Gasteiger charge is 1.98. The summed E-state index contributed by atoms with van der Waals surface area (Å²) in [6.45, 7) is 8.11. The molecular formula is C11H18N2. The van der Waals surface area contributed by atoms with Gasteiger partial charge in [0.2, 0.25) is 0 Å². The van der Waals surface area contributed by atoms with Gasteiger partial charge in [-0.3, -0.25) is 5.10 Å². The van der Waals surface area contributed by atoms with Crippen LogP contribution in [-0.2, 0) is 0 Å². The topological polar surface area (TPSA) is 28.7 Å². The Labute approximate surface area is 80.5 Å². The van der Waals surface area contributed by atoms with Crippen molar-refractivity contribution in [2.75, 3.05) is 0 Å². The van der Waals surface area contributed by atoms with Crippen LogP contribution in [0.1, 0.15) is 26.5 Å². The number of benzene rings is 1. The highest BCUT2D eigenvalue weighted by atomic mass is 15.1. The Balaban J connectivity index is 0.000000531. The first kappa shape index (κ1) is 9.78. The fraction of sp³-hybridized carbons (Fsp3) is 0.364. The molecule has 0 spiro atoms. The van der Waals surface area contributed by atoms with Gasteiger partial charge in [0.05, 0.1) is 5.52 Å². The van der Waals surface area contributed by atoms with Gasteiger partial charge in [0, 0.05) is 12.5 Å². The molecule has 0 saturated carbocycles. The normalized spacial score (nSPS) is 9.54. The predicted molar refractivity (Wildman–Crippen MR) is 59.0 cm³/mol. The van der Waals surface area contributed by atoms with E-state index in [0.29, 0.717) is 0 Å². The van der Waals surface area contributed by atoms with Gasteiger partial charge in [0.1, 0.15) is 0 Å². The molecule has 0 aliphatic heterocycles. The molecule has 1 aromatic heterocycles. The lowest BCUT2D eigenvalue weighted by Gasteiger charge is -1.90. The van der Waals surface area contributed by atoms with E-state index in [2.05, 4.69) is 35.3 Å². The molecule has 0 fully saturated rings. The van der Waals surface area contributed by atoms with Crippen molar-refractivity contribution >= 4 is 10.9 Å². The van der Waals surface area contributed by atoms with Crippen molar-refractivity contribution in [3.63, 3.8) is 0 Å². The van der Waals surface area contributed by atoms with E-state index in [-0.39, 0.29) is 1.43 Å². The van der Waals surface area contributed by atoms with Crippen molar-refractivity contribution in [1.29, 1.82) is 0 Å². The number of aromatic nitrogens is 2. The van der Waals surface area contributed by atoms with E-state index in [1.54, 1.807) is 0 Å². The highest BCUT2D eigenvalue weighted by Crippen LogP contribution is 2.15. The maximum Gasteiger partial charge on any atom is 0.0926 e. The second-order valence-electron chi connectivity index (χ2n) is 2.87. The first-order valence-electron chi connectivity index (χ1n) is 4.69. The van der Waals surface area contributed by atoms with Gasteiger partial charge in [0.25, 0.3) is 0 Å². The third-order valence-electron chi connectivity index (χ3n) is 1.90. The monoisotopic (exact) mass is 178 g/mol. The number of aromatic amines is 1. The van der Waals surface area contributed by atoms with Gasteiger partial charge in [-0.15, -0.1) is 0 Å². The van der Waals surface area contributed by atoms with Gasteiger partial charge in [-0.1, -0.05) is 26.0 Å². The predicted octanol–water partition coefficient (Wildman–Crippen LogP) is 3.45. The number of nitrogens with one attached hydrogen (secondary N) is 1. The fourth-order valence-corrected chi connectivity index (χ4v) is 1.26. The minimum Gasteiger partial charge on any atom is -0.282 e. The summed E-state index contributed by atoms with van der Waals surface area (Å²) in [5.41, 5.74) is 3.45. The second-order valence-corrected chi connectivity index (χ2v) is 2.87. The summed E-state index contributed by atoms with van der Waals surface area (Å²) in [5.74, 6) is 0. The SMILES string of the molecule is CC.Cc1ccc2c(C)[nH]nc2c1.[HH]. The Hall–Kier alpha value is -1.31. The van der Waals surface area contributed by atoms with Gasteiger partial charge in [-0.2, -0.15) is 5.10 Å². The molecule has 0 unspecified atom stereocenters. The molecule has 1 N–H and O–H groups in total. The lowest BCUT2D eigenvalue weighted by atomic mass is 10.1. The molecule has 13 heavy (non-hydrogen) atoms. The molecule has 0 amide bonds. The lowest BCUT2D eigenvalue weighted by Crippen LogP contribution is -1.71. The van der Waals surface area contributed by atoms with E-state index in [1.165, 1.54) is 10.9 Å². The smallest absolute Gasteiger partial charge is 0.0926 e. The third-order valence-corrected chi connectivity index (χ3v) is 1.90. The standard InChI is InChI=1S/C9H10N2.C2H6.H2/c1-6-3-4-8-7(2)10-11-9(8)5-6;1-2;/h3-5H,1-2H3,(H,10,11);1-2H3;1H. The molecule has 0 saturated heterocycles. The van der Waals surface area contributed by atoms with E-state index < -0.39 is 0 Å². The van der Waals surface area contributed by atoms with Gasteiger partial charge < -0.3 is 0 Å². The quantitative estimate of drug-likeness (QED) is 0.657. The van der Waals surface area contributed by atoms with Crippen LogP contribution < -0.4 is 0 Å². The number of H-pyrrole nitrogens is 1. The van der Waals surface area contributed by atoms with Crippen LogP contribution in [-0.4, -0.2) is 10.2 Å². The third kappa shape index (κ3) is 1.89. The zero-order valence-corrected chi connectivity index (χ0v) is 8.68. The van der Waals surface area contributed by atoms with Crippen molar-refractivity contribution in [2.45, 2.75) is 27.7 Å². The van der Waals surface area contributed by atoms with Crippen LogP contribution in [0.2, 0.25) is 0 Å². The van der Waals surface area contributed by atoms with Gasteiger partial charge >= 0.3 is 0 Å². The van der Waals surface area contributed by atoms with Crippen LogP contribution >= 0.6 is 0 Å². The molecule has 2 rings (SSSR count). The molecule has 0 radical (unpaired) electrons. The zero-order chi connectivity index (χ0) is 9.84. The summed E-state index contributed by atoms with van der Waals surface area (Å²) >= 11 is 0. The van der Waals surface area contributed by atoms with Crippen molar-refractivity contribution in [1.82, 2.24) is 10.2 Å². The molecule has 72 valence electrons. The van der Waals surface area contributed by atoms with Crippen LogP contribution in [0.4, 0.5) is 0 Å². The lowest BCUT2D eigenvalue weighted by molar-refractivity contribution is 1.07. The summed E-state index contributed by atoms with van der Waals surface area (Å²) in [6, 6.07) is 6.28. The molecule has 0 aliphatic rings. The number of hydrogen-bond acceptors (Lipinski definition) is 1. The number of hydrogen-bond donors (Lipinski definition) is 1. The van der Waals surface area contributed by atoms with Crippen LogP contribution in [0, 0.1) is 13.8 Å². The zero-order valence-electron chi connectivity index (χ0n) is 8.68. The Bertz CT molecular complexity index is 393. The summed E-state index contributed by atoms with van der Waals surface area (Å²) < 4.78 is 0. The summed E-state index contributed by atoms with van der Waals surface area (Å²) in [4.78, 5) is 0. The Morgan fingerprint density at radius 1 is 1.23 bits per heavy atom. The molecule has 0 aliphatic carbocycles. The summed E-state index contributed by atoms with van der Waals surface area (Å²) in [6.07, 6.45) is 0. The molecular weight excluding hydrogens is 160 g/mol. The second kappa shape index (κ2) is 4.08. The molecule has 2 aromatic rings. The van der Waals surface area contributed by atoms with Crippen molar-refractivity contribution in [2.24, 2.45) is 0 Å². The molecule has 2 nitrogen and oxygen atoms in total. The Kier molecular flexibility index (Phi) is 3.07. The van der Waals surface area contributed by atoms with Gasteiger partial charge in [-0.25, -0.2) is 0 Å². The number of rotatable bonds is 0. The largest absolute Gasteiger partial charge is 0.282 e. The van der Waals surface area contributed by atoms with Gasteiger partial charge in [0.15, 0.2) is 0 Å². The van der Waals surface area contributed by atoms with E-state index >= 15 is 0 Å². The maximum absolute atomic E-state index is 4.15. The minimum atomic E-state index is 0. The first-order valence-corrected chi connectivity index (χ1v) is 4.69. The first-order chi connectivity index (χ1) is 6.27. The number of aryl methyl sites for hydroxylation is 2. The number of fused-ring (bicyclic) bond motifs is 1. The van der Waals surface area contributed by atoms with Crippen molar-refractivity contribution in [3.8, 4) is 0 Å². The average molecular weight is 178 g/mol. The Morgan fingerprint density at radius 3 is 2.62 bits per heavy atom. The Morgan fingerprint density at radius 2 is 1.92 bits per heavy atom. The average Bonchev–Trinajstić information content (AvgIpc) is 2.51. The molecule has 2 heteroatoms. The van der Waals surface area contributed by atoms with E-state index in [1.807, 2.05) is 20.8 Å². The van der Waals surface area contributed by atoms with Crippen LogP contribution in [0.15, 0.2) is 18.2 Å². The number of nitrogens with zero attached hydrogens (tertiary/aromatic N) is 1. The molecule has 1 aromatic carbocycles. The van der Waals surface area contributed by atoms with E-state index in [4.69, 9.17) is 0 Å². The fourth-order valence-electron chi connectivity index (χ4n) is 1.26. The highest BCUT2D eigenvalue weighted by molar-refractivity contribution is 5.81. The molecule has 1 heterocycles. The van der Waals surface area contributed by atoms with Gasteiger partial charge in [-0.05, 0) is 25.5 Å². The minimum absolute atomic E-state index is 0. The summed E-state index contributed by atoms with van der Waals surface area (Å²) in [5, 5.41) is 8.33. The maximum atomic E-state index is 4.15. The van der Waals surface area contributed by atoms with Crippen LogP contribution in [0.25, 0.3) is 10.9 Å². The molecule has 0 atom stereocenters.